The van der Waals surface area contributed by atoms with E-state index in [0.29, 0.717) is 24.0 Å². The van der Waals surface area contributed by atoms with E-state index in [-0.39, 0.29) is 6.04 Å². The van der Waals surface area contributed by atoms with Crippen LogP contribution in [0.15, 0.2) is 0 Å². The van der Waals surface area contributed by atoms with Gasteiger partial charge in [-0.2, -0.15) is 0 Å². The Bertz CT molecular complexity index is 301. The van der Waals surface area contributed by atoms with Crippen LogP contribution in [-0.2, 0) is 9.84 Å². The quantitative estimate of drug-likeness (QED) is 0.713. The van der Waals surface area contributed by atoms with Crippen LogP contribution in [0, 0.1) is 5.92 Å². The van der Waals surface area contributed by atoms with E-state index in [1.54, 1.807) is 0 Å². The van der Waals surface area contributed by atoms with E-state index >= 15 is 0 Å². The molecule has 1 atom stereocenters. The van der Waals surface area contributed by atoms with Gasteiger partial charge in [0.15, 0.2) is 9.84 Å². The second kappa shape index (κ2) is 5.98. The van der Waals surface area contributed by atoms with Crippen molar-refractivity contribution >= 4 is 9.84 Å². The van der Waals surface area contributed by atoms with Gasteiger partial charge in [0.2, 0.25) is 0 Å². The van der Waals surface area contributed by atoms with Crippen molar-refractivity contribution in [2.45, 2.75) is 26.8 Å². The highest BCUT2D eigenvalue weighted by Crippen LogP contribution is 2.10. The Labute approximate surface area is 99.3 Å². The van der Waals surface area contributed by atoms with E-state index in [1.165, 1.54) is 0 Å². The molecule has 1 aliphatic rings. The fourth-order valence-corrected chi connectivity index (χ4v) is 3.60. The average molecular weight is 248 g/mol. The van der Waals surface area contributed by atoms with Crippen molar-refractivity contribution in [1.29, 1.82) is 0 Å². The lowest BCUT2D eigenvalue weighted by Gasteiger charge is -2.33. The molecule has 1 rings (SSSR count). The summed E-state index contributed by atoms with van der Waals surface area (Å²) in [5.41, 5.74) is 0. The standard InChI is InChI=1S/C11H24N2O2S/c1-10(2)8-12-4-5-13-6-7-16(14,15)9-11(13)3/h10-12H,4-9H2,1-3H3. The van der Waals surface area contributed by atoms with E-state index < -0.39 is 9.84 Å². The zero-order chi connectivity index (χ0) is 12.2. The number of hydrogen-bond donors (Lipinski definition) is 1. The molecule has 0 saturated carbocycles. The molecule has 5 heteroatoms. The molecular weight excluding hydrogens is 224 g/mol. The van der Waals surface area contributed by atoms with Gasteiger partial charge in [-0.05, 0) is 19.4 Å². The minimum atomic E-state index is -2.77. The Morgan fingerprint density at radius 3 is 2.69 bits per heavy atom. The van der Waals surface area contributed by atoms with Crippen molar-refractivity contribution in [2.75, 3.05) is 37.7 Å². The molecule has 0 aliphatic carbocycles. The lowest BCUT2D eigenvalue weighted by atomic mass is 10.2. The summed E-state index contributed by atoms with van der Waals surface area (Å²) < 4.78 is 22.8. The van der Waals surface area contributed by atoms with Crippen LogP contribution in [0.4, 0.5) is 0 Å². The van der Waals surface area contributed by atoms with E-state index in [4.69, 9.17) is 0 Å². The van der Waals surface area contributed by atoms with E-state index in [0.717, 1.165) is 19.6 Å². The Hall–Kier alpha value is -0.130. The van der Waals surface area contributed by atoms with Crippen molar-refractivity contribution in [2.24, 2.45) is 5.92 Å². The number of sulfone groups is 1. The minimum absolute atomic E-state index is 0.166. The van der Waals surface area contributed by atoms with E-state index in [1.807, 2.05) is 6.92 Å². The van der Waals surface area contributed by atoms with Gasteiger partial charge < -0.3 is 5.32 Å². The third-order valence-corrected chi connectivity index (χ3v) is 4.73. The molecule has 0 spiro atoms. The summed E-state index contributed by atoms with van der Waals surface area (Å²) in [6, 6.07) is 0.166. The minimum Gasteiger partial charge on any atom is -0.315 e. The topological polar surface area (TPSA) is 49.4 Å². The van der Waals surface area contributed by atoms with E-state index in [2.05, 4.69) is 24.1 Å². The Balaban J connectivity index is 2.23. The van der Waals surface area contributed by atoms with Gasteiger partial charge in [-0.15, -0.1) is 0 Å². The zero-order valence-electron chi connectivity index (χ0n) is 10.6. The Kier molecular flexibility index (Phi) is 5.21. The van der Waals surface area contributed by atoms with Crippen LogP contribution >= 0.6 is 0 Å². The van der Waals surface area contributed by atoms with Crippen LogP contribution in [-0.4, -0.2) is 57.0 Å². The molecule has 0 radical (unpaired) electrons. The summed E-state index contributed by atoms with van der Waals surface area (Å²) in [4.78, 5) is 2.26. The van der Waals surface area contributed by atoms with Gasteiger partial charge in [0.1, 0.15) is 0 Å². The first kappa shape index (κ1) is 13.9. The molecule has 1 fully saturated rings. The van der Waals surface area contributed by atoms with Crippen LogP contribution in [0.5, 0.6) is 0 Å². The maximum atomic E-state index is 11.4. The molecule has 0 aromatic carbocycles. The summed E-state index contributed by atoms with van der Waals surface area (Å²) in [6.45, 7) is 9.98. The van der Waals surface area contributed by atoms with Gasteiger partial charge in [-0.25, -0.2) is 8.42 Å². The maximum absolute atomic E-state index is 11.4. The number of nitrogens with zero attached hydrogens (tertiary/aromatic N) is 1. The lowest BCUT2D eigenvalue weighted by Crippen LogP contribution is -2.49. The first-order chi connectivity index (χ1) is 7.41. The summed E-state index contributed by atoms with van der Waals surface area (Å²) >= 11 is 0. The molecule has 0 aromatic rings. The third-order valence-electron chi connectivity index (χ3n) is 2.94. The number of nitrogens with one attached hydrogen (secondary N) is 1. The zero-order valence-corrected chi connectivity index (χ0v) is 11.4. The third kappa shape index (κ3) is 4.80. The highest BCUT2D eigenvalue weighted by molar-refractivity contribution is 7.91. The van der Waals surface area contributed by atoms with Crippen LogP contribution < -0.4 is 5.32 Å². The largest absolute Gasteiger partial charge is 0.315 e. The normalized spacial score (nSPS) is 26.1. The van der Waals surface area contributed by atoms with Gasteiger partial charge in [-0.1, -0.05) is 13.8 Å². The van der Waals surface area contributed by atoms with Crippen molar-refractivity contribution in [3.05, 3.63) is 0 Å². The van der Waals surface area contributed by atoms with Crippen LogP contribution in [0.2, 0.25) is 0 Å². The van der Waals surface area contributed by atoms with Crippen molar-refractivity contribution in [3.63, 3.8) is 0 Å². The van der Waals surface area contributed by atoms with Crippen LogP contribution in [0.1, 0.15) is 20.8 Å². The lowest BCUT2D eigenvalue weighted by molar-refractivity contribution is 0.226. The molecule has 96 valence electrons. The Morgan fingerprint density at radius 1 is 1.44 bits per heavy atom. The molecule has 1 saturated heterocycles. The highest BCUT2D eigenvalue weighted by Gasteiger charge is 2.27. The van der Waals surface area contributed by atoms with Crippen molar-refractivity contribution in [1.82, 2.24) is 10.2 Å². The number of rotatable bonds is 5. The molecule has 16 heavy (non-hydrogen) atoms. The Morgan fingerprint density at radius 2 is 2.12 bits per heavy atom. The molecule has 1 heterocycles. The summed E-state index contributed by atoms with van der Waals surface area (Å²) in [5, 5.41) is 3.38. The summed E-state index contributed by atoms with van der Waals surface area (Å²) in [6.07, 6.45) is 0. The molecular formula is C11H24N2O2S. The van der Waals surface area contributed by atoms with Gasteiger partial charge >= 0.3 is 0 Å². The predicted molar refractivity (Wildman–Crippen MR) is 67.4 cm³/mol. The molecule has 4 nitrogen and oxygen atoms in total. The first-order valence-electron chi connectivity index (χ1n) is 6.06. The summed E-state index contributed by atoms with van der Waals surface area (Å²) in [7, 11) is -2.77. The van der Waals surface area contributed by atoms with Gasteiger partial charge in [0.25, 0.3) is 0 Å². The highest BCUT2D eigenvalue weighted by atomic mass is 32.2. The van der Waals surface area contributed by atoms with E-state index in [9.17, 15) is 8.42 Å². The summed E-state index contributed by atoms with van der Waals surface area (Å²) in [5.74, 6) is 1.30. The molecule has 1 aliphatic heterocycles. The first-order valence-corrected chi connectivity index (χ1v) is 7.88. The predicted octanol–water partition coefficient (Wildman–Crippen LogP) is 0.351. The second-order valence-electron chi connectivity index (χ2n) is 5.10. The number of hydrogen-bond acceptors (Lipinski definition) is 4. The monoisotopic (exact) mass is 248 g/mol. The smallest absolute Gasteiger partial charge is 0.153 e. The average Bonchev–Trinajstić information content (AvgIpc) is 2.13. The van der Waals surface area contributed by atoms with Gasteiger partial charge in [0, 0.05) is 25.7 Å². The second-order valence-corrected chi connectivity index (χ2v) is 7.33. The fraction of sp³-hybridized carbons (Fsp3) is 1.00. The van der Waals surface area contributed by atoms with Crippen molar-refractivity contribution in [3.8, 4) is 0 Å². The van der Waals surface area contributed by atoms with Crippen LogP contribution in [0.3, 0.4) is 0 Å². The molecule has 1 unspecified atom stereocenters. The SMILES string of the molecule is CC(C)CNCCN1CCS(=O)(=O)CC1C. The maximum Gasteiger partial charge on any atom is 0.153 e. The van der Waals surface area contributed by atoms with Gasteiger partial charge in [-0.3, -0.25) is 4.90 Å². The molecule has 0 aromatic heterocycles. The molecule has 0 bridgehead atoms. The van der Waals surface area contributed by atoms with Crippen molar-refractivity contribution < 1.29 is 8.42 Å². The van der Waals surface area contributed by atoms with Gasteiger partial charge in [0.05, 0.1) is 11.5 Å². The molecule has 1 N–H and O–H groups in total. The van der Waals surface area contributed by atoms with Crippen LogP contribution in [0.25, 0.3) is 0 Å². The molecule has 0 amide bonds. The fourth-order valence-electron chi connectivity index (χ4n) is 1.98.